The molecular weight excluding hydrogens is 292 g/mol. The van der Waals surface area contributed by atoms with E-state index in [-0.39, 0.29) is 23.2 Å². The molecule has 3 unspecified atom stereocenters. The largest absolute Gasteiger partial charge is 0.444 e. The van der Waals surface area contributed by atoms with Gasteiger partial charge in [0.25, 0.3) is 6.04 Å². The Labute approximate surface area is 139 Å². The van der Waals surface area contributed by atoms with Gasteiger partial charge in [-0.05, 0) is 38.5 Å². The second kappa shape index (κ2) is 5.51. The van der Waals surface area contributed by atoms with Crippen LogP contribution in [0.4, 0.5) is 4.79 Å². The Kier molecular flexibility index (Phi) is 4.26. The smallest absolute Gasteiger partial charge is 0.410 e. The van der Waals surface area contributed by atoms with Gasteiger partial charge < -0.3 is 14.5 Å². The summed E-state index contributed by atoms with van der Waals surface area (Å²) in [6, 6.07) is -0.593. The van der Waals surface area contributed by atoms with E-state index in [1.807, 2.05) is 34.6 Å². The maximum Gasteiger partial charge on any atom is 0.410 e. The zero-order valence-corrected chi connectivity index (χ0v) is 15.1. The van der Waals surface area contributed by atoms with Gasteiger partial charge in [-0.15, -0.1) is 0 Å². The first kappa shape index (κ1) is 17.8. The van der Waals surface area contributed by atoms with Crippen LogP contribution < -0.4 is 0 Å². The maximum atomic E-state index is 12.6. The summed E-state index contributed by atoms with van der Waals surface area (Å²) in [5, 5.41) is 0. The number of amides is 1. The molecule has 0 N–H and O–H groups in total. The van der Waals surface area contributed by atoms with Crippen molar-refractivity contribution in [3.05, 3.63) is 11.4 Å². The molecule has 0 spiro atoms. The van der Waals surface area contributed by atoms with Crippen LogP contribution in [0.2, 0.25) is 0 Å². The standard InChI is InChI=1S/C18H28N2O3/c1-16(2,3)23-15(22)20-9-8-13-17(4,5)14(21)12(19-7)10-18(13,6)11-20/h12-13H,8-11H2,1-6H3. The number of carbonyl (C=O) groups excluding carboxylic acids is 2. The Morgan fingerprint density at radius 1 is 1.35 bits per heavy atom. The van der Waals surface area contributed by atoms with Gasteiger partial charge in [0.2, 0.25) is 5.78 Å². The SMILES string of the molecule is [C-]#[N+]C1CC2(C)CN(C(=O)OC(C)(C)C)CCC2C(C)(C)C1=O. The number of nitrogens with zero attached hydrogens (tertiary/aromatic N) is 2. The van der Waals surface area contributed by atoms with Gasteiger partial charge in [0.05, 0.1) is 0 Å². The lowest BCUT2D eigenvalue weighted by atomic mass is 9.52. The van der Waals surface area contributed by atoms with E-state index in [9.17, 15) is 9.59 Å². The fourth-order valence-corrected chi connectivity index (χ4v) is 4.42. The Morgan fingerprint density at radius 3 is 2.48 bits per heavy atom. The highest BCUT2D eigenvalue weighted by molar-refractivity contribution is 5.92. The number of ketones is 1. The van der Waals surface area contributed by atoms with Crippen LogP contribution >= 0.6 is 0 Å². The second-order valence-corrected chi connectivity index (χ2v) is 8.83. The number of likely N-dealkylation sites (tertiary alicyclic amines) is 1. The number of hydrogen-bond donors (Lipinski definition) is 0. The fraction of sp³-hybridized carbons (Fsp3) is 0.833. The van der Waals surface area contributed by atoms with Crippen molar-refractivity contribution in [2.45, 2.75) is 66.0 Å². The third kappa shape index (κ3) is 3.22. The van der Waals surface area contributed by atoms with E-state index in [2.05, 4.69) is 11.8 Å². The number of ether oxygens (including phenoxy) is 1. The van der Waals surface area contributed by atoms with Crippen LogP contribution in [0.5, 0.6) is 0 Å². The van der Waals surface area contributed by atoms with Crippen molar-refractivity contribution in [3.8, 4) is 0 Å². The highest BCUT2D eigenvalue weighted by Gasteiger charge is 2.59. The third-order valence-electron chi connectivity index (χ3n) is 5.36. The summed E-state index contributed by atoms with van der Waals surface area (Å²) in [6.07, 6.45) is 1.01. The van der Waals surface area contributed by atoms with E-state index in [0.717, 1.165) is 6.42 Å². The fourth-order valence-electron chi connectivity index (χ4n) is 4.42. The van der Waals surface area contributed by atoms with Crippen molar-refractivity contribution in [1.29, 1.82) is 0 Å². The van der Waals surface area contributed by atoms with E-state index in [1.165, 1.54) is 0 Å². The van der Waals surface area contributed by atoms with E-state index in [0.29, 0.717) is 19.5 Å². The Bertz CT molecular complexity index is 556. The molecule has 0 radical (unpaired) electrons. The molecule has 5 nitrogen and oxygen atoms in total. The molecule has 2 rings (SSSR count). The van der Waals surface area contributed by atoms with Crippen molar-refractivity contribution >= 4 is 11.9 Å². The second-order valence-electron chi connectivity index (χ2n) is 8.83. The average Bonchev–Trinajstić information content (AvgIpc) is 2.40. The van der Waals surface area contributed by atoms with Gasteiger partial charge in [-0.3, -0.25) is 4.79 Å². The normalized spacial score (nSPS) is 33.6. The van der Waals surface area contributed by atoms with Gasteiger partial charge in [-0.2, -0.15) is 0 Å². The van der Waals surface area contributed by atoms with Gasteiger partial charge in [0.15, 0.2) is 0 Å². The molecule has 1 saturated carbocycles. The van der Waals surface area contributed by atoms with Crippen molar-refractivity contribution in [1.82, 2.24) is 4.90 Å². The zero-order valence-electron chi connectivity index (χ0n) is 15.1. The third-order valence-corrected chi connectivity index (χ3v) is 5.36. The summed E-state index contributed by atoms with van der Waals surface area (Å²) in [5.74, 6) is 0.250. The van der Waals surface area contributed by atoms with Gasteiger partial charge in [0.1, 0.15) is 5.60 Å². The molecule has 23 heavy (non-hydrogen) atoms. The van der Waals surface area contributed by atoms with Crippen LogP contribution in [0, 0.1) is 23.3 Å². The molecule has 3 atom stereocenters. The molecule has 1 aliphatic carbocycles. The molecule has 0 aromatic heterocycles. The van der Waals surface area contributed by atoms with Crippen molar-refractivity contribution in [2.24, 2.45) is 16.7 Å². The Hall–Kier alpha value is -1.57. The average molecular weight is 320 g/mol. The van der Waals surface area contributed by atoms with Crippen molar-refractivity contribution in [2.75, 3.05) is 13.1 Å². The van der Waals surface area contributed by atoms with Gasteiger partial charge in [-0.1, -0.05) is 20.8 Å². The molecule has 0 aromatic carbocycles. The first-order valence-corrected chi connectivity index (χ1v) is 8.29. The highest BCUT2D eigenvalue weighted by atomic mass is 16.6. The predicted molar refractivity (Wildman–Crippen MR) is 87.8 cm³/mol. The number of fused-ring (bicyclic) bond motifs is 1. The molecule has 2 fully saturated rings. The lowest BCUT2D eigenvalue weighted by Crippen LogP contribution is -2.61. The molecule has 5 heteroatoms. The Balaban J connectivity index is 2.23. The quantitative estimate of drug-likeness (QED) is 0.642. The lowest BCUT2D eigenvalue weighted by molar-refractivity contribution is -0.145. The van der Waals surface area contributed by atoms with E-state index in [4.69, 9.17) is 11.3 Å². The predicted octanol–water partition coefficient (Wildman–Crippen LogP) is 3.54. The molecule has 0 aromatic rings. The highest BCUT2D eigenvalue weighted by Crippen LogP contribution is 2.53. The van der Waals surface area contributed by atoms with Crippen LogP contribution in [-0.4, -0.2) is 41.5 Å². The molecule has 1 amide bonds. The first-order chi connectivity index (χ1) is 10.4. The molecule has 1 aliphatic heterocycles. The summed E-state index contributed by atoms with van der Waals surface area (Å²) in [7, 11) is 0. The van der Waals surface area contributed by atoms with Crippen LogP contribution in [0.3, 0.4) is 0 Å². The van der Waals surface area contributed by atoms with Crippen LogP contribution in [-0.2, 0) is 9.53 Å². The molecular formula is C18H28N2O3. The molecule has 1 heterocycles. The summed E-state index contributed by atoms with van der Waals surface area (Å²) >= 11 is 0. The summed E-state index contributed by atoms with van der Waals surface area (Å²) in [6.45, 7) is 20.1. The van der Waals surface area contributed by atoms with Crippen molar-refractivity contribution in [3.63, 3.8) is 0 Å². The number of carbonyl (C=O) groups is 2. The van der Waals surface area contributed by atoms with E-state index in [1.54, 1.807) is 4.90 Å². The maximum absolute atomic E-state index is 12.6. The molecule has 0 bridgehead atoms. The van der Waals surface area contributed by atoms with Crippen LogP contribution in [0.25, 0.3) is 4.85 Å². The molecule has 128 valence electrons. The van der Waals surface area contributed by atoms with E-state index >= 15 is 0 Å². The van der Waals surface area contributed by atoms with Gasteiger partial charge >= 0.3 is 6.09 Å². The Morgan fingerprint density at radius 2 is 1.96 bits per heavy atom. The van der Waals surface area contributed by atoms with Gasteiger partial charge in [-0.25, -0.2) is 11.4 Å². The summed E-state index contributed by atoms with van der Waals surface area (Å²) < 4.78 is 5.49. The minimum absolute atomic E-state index is 0.0562. The van der Waals surface area contributed by atoms with Crippen molar-refractivity contribution < 1.29 is 14.3 Å². The minimum Gasteiger partial charge on any atom is -0.444 e. The number of rotatable bonds is 0. The summed E-state index contributed by atoms with van der Waals surface area (Å²) in [4.78, 5) is 30.2. The van der Waals surface area contributed by atoms with E-state index < -0.39 is 17.1 Å². The molecule has 2 aliphatic rings. The monoisotopic (exact) mass is 320 g/mol. The summed E-state index contributed by atoms with van der Waals surface area (Å²) in [5.41, 5.74) is -1.25. The number of hydrogen-bond acceptors (Lipinski definition) is 3. The number of piperidine rings is 1. The topological polar surface area (TPSA) is 51.0 Å². The zero-order chi connectivity index (χ0) is 17.6. The number of Topliss-reactive ketones (excluding diaryl/α,β-unsaturated/α-hetero) is 1. The lowest BCUT2D eigenvalue weighted by Gasteiger charge is -2.54. The van der Waals surface area contributed by atoms with Crippen LogP contribution in [0.15, 0.2) is 0 Å². The first-order valence-electron chi connectivity index (χ1n) is 8.29. The molecule has 1 saturated heterocycles. The van der Waals surface area contributed by atoms with Crippen LogP contribution in [0.1, 0.15) is 54.4 Å². The minimum atomic E-state index is -0.593. The van der Waals surface area contributed by atoms with Gasteiger partial charge in [0, 0.05) is 24.9 Å².